The number of carbonyl (C=O) groups is 1. The van der Waals surface area contributed by atoms with Crippen molar-refractivity contribution in [2.45, 2.75) is 33.4 Å². The molecule has 0 aliphatic heterocycles. The van der Waals surface area contributed by atoms with Crippen LogP contribution in [-0.4, -0.2) is 24.3 Å². The Hall–Kier alpha value is -1.76. The van der Waals surface area contributed by atoms with Crippen molar-refractivity contribution in [1.29, 1.82) is 0 Å². The van der Waals surface area contributed by atoms with E-state index in [2.05, 4.69) is 10.6 Å². The summed E-state index contributed by atoms with van der Waals surface area (Å²) in [5, 5.41) is 13.9. The molecule has 0 heterocycles. The quantitative estimate of drug-likeness (QED) is 0.777. The number of anilines is 1. The molecule has 2 amide bonds. The van der Waals surface area contributed by atoms with Gasteiger partial charge in [0.2, 0.25) is 0 Å². The van der Waals surface area contributed by atoms with Crippen LogP contribution < -0.4 is 10.6 Å². The highest BCUT2D eigenvalue weighted by Crippen LogP contribution is 2.33. The van der Waals surface area contributed by atoms with E-state index >= 15 is 0 Å². The SMILES string of the molecule is Cc1ccc(NC(=O)NCC(C)(C)CCO)cc1C(F)(F)F. The zero-order valence-corrected chi connectivity index (χ0v) is 12.8. The van der Waals surface area contributed by atoms with Crippen LogP contribution in [0.5, 0.6) is 0 Å². The lowest BCUT2D eigenvalue weighted by Crippen LogP contribution is -2.37. The Balaban J connectivity index is 2.70. The fourth-order valence-electron chi connectivity index (χ4n) is 1.89. The van der Waals surface area contributed by atoms with Crippen molar-refractivity contribution < 1.29 is 23.1 Å². The second kappa shape index (κ2) is 7.00. The number of alkyl halides is 3. The van der Waals surface area contributed by atoms with E-state index in [1.165, 1.54) is 19.1 Å². The number of halogens is 3. The van der Waals surface area contributed by atoms with Gasteiger partial charge in [0.25, 0.3) is 0 Å². The van der Waals surface area contributed by atoms with Crippen LogP contribution in [0.15, 0.2) is 18.2 Å². The molecule has 0 aliphatic carbocycles. The van der Waals surface area contributed by atoms with Gasteiger partial charge in [-0.05, 0) is 36.5 Å². The minimum Gasteiger partial charge on any atom is -0.396 e. The Morgan fingerprint density at radius 2 is 1.91 bits per heavy atom. The maximum absolute atomic E-state index is 12.8. The molecule has 0 radical (unpaired) electrons. The lowest BCUT2D eigenvalue weighted by Gasteiger charge is -2.24. The highest BCUT2D eigenvalue weighted by Gasteiger charge is 2.32. The van der Waals surface area contributed by atoms with Crippen LogP contribution >= 0.6 is 0 Å². The average molecular weight is 318 g/mol. The van der Waals surface area contributed by atoms with Crippen LogP contribution in [-0.2, 0) is 6.18 Å². The van der Waals surface area contributed by atoms with Gasteiger partial charge in [-0.25, -0.2) is 4.79 Å². The molecule has 7 heteroatoms. The third kappa shape index (κ3) is 5.55. The Labute approximate surface area is 127 Å². The molecule has 0 unspecified atom stereocenters. The summed E-state index contributed by atoms with van der Waals surface area (Å²) in [6.07, 6.45) is -3.95. The first kappa shape index (κ1) is 18.3. The van der Waals surface area contributed by atoms with E-state index in [-0.39, 0.29) is 23.3 Å². The summed E-state index contributed by atoms with van der Waals surface area (Å²) < 4.78 is 38.4. The highest BCUT2D eigenvalue weighted by atomic mass is 19.4. The highest BCUT2D eigenvalue weighted by molar-refractivity contribution is 5.89. The second-order valence-corrected chi connectivity index (χ2v) is 5.97. The third-order valence-electron chi connectivity index (χ3n) is 3.32. The lowest BCUT2D eigenvalue weighted by molar-refractivity contribution is -0.138. The maximum atomic E-state index is 12.8. The van der Waals surface area contributed by atoms with Gasteiger partial charge >= 0.3 is 12.2 Å². The summed E-state index contributed by atoms with van der Waals surface area (Å²) >= 11 is 0. The number of aliphatic hydroxyl groups excluding tert-OH is 1. The minimum absolute atomic E-state index is 0.00318. The van der Waals surface area contributed by atoms with Gasteiger partial charge in [-0.1, -0.05) is 19.9 Å². The second-order valence-electron chi connectivity index (χ2n) is 5.97. The molecule has 0 atom stereocenters. The predicted octanol–water partition coefficient (Wildman–Crippen LogP) is 3.54. The molecule has 1 aromatic carbocycles. The Morgan fingerprint density at radius 1 is 1.27 bits per heavy atom. The summed E-state index contributed by atoms with van der Waals surface area (Å²) in [5.74, 6) is 0. The lowest BCUT2D eigenvalue weighted by atomic mass is 9.90. The van der Waals surface area contributed by atoms with Crippen molar-refractivity contribution in [3.63, 3.8) is 0 Å². The molecule has 0 aliphatic rings. The van der Waals surface area contributed by atoms with E-state index in [1.54, 1.807) is 0 Å². The number of rotatable bonds is 5. The number of aliphatic hydroxyl groups is 1. The summed E-state index contributed by atoms with van der Waals surface area (Å²) in [6, 6.07) is 3.06. The normalized spacial score (nSPS) is 12.1. The van der Waals surface area contributed by atoms with Crippen LogP contribution in [0.2, 0.25) is 0 Å². The van der Waals surface area contributed by atoms with Gasteiger partial charge in [-0.2, -0.15) is 13.2 Å². The number of hydrogen-bond acceptors (Lipinski definition) is 2. The summed E-state index contributed by atoms with van der Waals surface area (Å²) in [4.78, 5) is 11.7. The molecule has 0 fully saturated rings. The van der Waals surface area contributed by atoms with Gasteiger partial charge in [0.1, 0.15) is 0 Å². The van der Waals surface area contributed by atoms with Crippen molar-refractivity contribution in [3.8, 4) is 0 Å². The number of urea groups is 1. The van der Waals surface area contributed by atoms with Crippen molar-refractivity contribution in [2.75, 3.05) is 18.5 Å². The van der Waals surface area contributed by atoms with E-state index in [4.69, 9.17) is 5.11 Å². The molecule has 0 saturated heterocycles. The zero-order valence-electron chi connectivity index (χ0n) is 12.8. The first-order valence-corrected chi connectivity index (χ1v) is 6.89. The van der Waals surface area contributed by atoms with Crippen LogP contribution in [0.25, 0.3) is 0 Å². The van der Waals surface area contributed by atoms with E-state index in [1.807, 2.05) is 13.8 Å². The van der Waals surface area contributed by atoms with Crippen LogP contribution in [0.4, 0.5) is 23.7 Å². The topological polar surface area (TPSA) is 61.4 Å². The fourth-order valence-corrected chi connectivity index (χ4v) is 1.89. The predicted molar refractivity (Wildman–Crippen MR) is 78.7 cm³/mol. The van der Waals surface area contributed by atoms with Gasteiger partial charge in [-0.3, -0.25) is 0 Å². The molecule has 3 N–H and O–H groups in total. The molecule has 0 bridgehead atoms. The largest absolute Gasteiger partial charge is 0.416 e. The molecule has 22 heavy (non-hydrogen) atoms. The van der Waals surface area contributed by atoms with Crippen LogP contribution in [0.3, 0.4) is 0 Å². The van der Waals surface area contributed by atoms with Crippen molar-refractivity contribution in [3.05, 3.63) is 29.3 Å². The van der Waals surface area contributed by atoms with Crippen LogP contribution in [0.1, 0.15) is 31.4 Å². The Morgan fingerprint density at radius 3 is 2.45 bits per heavy atom. The number of carbonyl (C=O) groups excluding carboxylic acids is 1. The molecular formula is C15H21F3N2O2. The first-order chi connectivity index (χ1) is 10.0. The molecule has 1 rings (SSSR count). The third-order valence-corrected chi connectivity index (χ3v) is 3.32. The molecular weight excluding hydrogens is 297 g/mol. The zero-order chi connectivity index (χ0) is 17.0. The monoisotopic (exact) mass is 318 g/mol. The maximum Gasteiger partial charge on any atom is 0.416 e. The fraction of sp³-hybridized carbons (Fsp3) is 0.533. The number of nitrogens with one attached hydrogen (secondary N) is 2. The van der Waals surface area contributed by atoms with Crippen molar-refractivity contribution in [2.24, 2.45) is 5.41 Å². The Kier molecular flexibility index (Phi) is 5.82. The molecule has 0 saturated carbocycles. The molecule has 0 aromatic heterocycles. The van der Waals surface area contributed by atoms with Gasteiger partial charge in [0, 0.05) is 18.8 Å². The van der Waals surface area contributed by atoms with E-state index in [0.29, 0.717) is 13.0 Å². The standard InChI is InChI=1S/C15H21F3N2O2/c1-10-4-5-11(8-12(10)15(16,17)18)20-13(22)19-9-14(2,3)6-7-21/h4-5,8,21H,6-7,9H2,1-3H3,(H2,19,20,22). The van der Waals surface area contributed by atoms with E-state index in [9.17, 15) is 18.0 Å². The van der Waals surface area contributed by atoms with Gasteiger partial charge in [-0.15, -0.1) is 0 Å². The van der Waals surface area contributed by atoms with Gasteiger partial charge in [0.15, 0.2) is 0 Å². The Bertz CT molecular complexity index is 528. The van der Waals surface area contributed by atoms with E-state index < -0.39 is 17.8 Å². The minimum atomic E-state index is -4.46. The van der Waals surface area contributed by atoms with Gasteiger partial charge in [0.05, 0.1) is 5.56 Å². The molecule has 4 nitrogen and oxygen atoms in total. The smallest absolute Gasteiger partial charge is 0.396 e. The summed E-state index contributed by atoms with van der Waals surface area (Å²) in [5.41, 5.74) is -0.889. The number of hydrogen-bond donors (Lipinski definition) is 3. The molecule has 124 valence electrons. The van der Waals surface area contributed by atoms with Crippen LogP contribution in [0, 0.1) is 12.3 Å². The summed E-state index contributed by atoms with van der Waals surface area (Å²) in [6.45, 7) is 5.42. The number of aryl methyl sites for hydroxylation is 1. The van der Waals surface area contributed by atoms with Crippen molar-refractivity contribution >= 4 is 11.7 Å². The number of amides is 2. The van der Waals surface area contributed by atoms with E-state index in [0.717, 1.165) is 6.07 Å². The average Bonchev–Trinajstić information content (AvgIpc) is 2.37. The van der Waals surface area contributed by atoms with Crippen molar-refractivity contribution in [1.82, 2.24) is 5.32 Å². The molecule has 1 aromatic rings. The summed E-state index contributed by atoms with van der Waals surface area (Å²) in [7, 11) is 0. The van der Waals surface area contributed by atoms with Gasteiger partial charge < -0.3 is 15.7 Å². The first-order valence-electron chi connectivity index (χ1n) is 6.89. The molecule has 0 spiro atoms. The number of benzene rings is 1.